The highest BCUT2D eigenvalue weighted by Gasteiger charge is 2.07. The summed E-state index contributed by atoms with van der Waals surface area (Å²) in [5, 5.41) is 4.29. The number of pyridine rings is 1. The van der Waals surface area contributed by atoms with E-state index in [1.54, 1.807) is 18.0 Å². The number of hydrogen-bond donors (Lipinski definition) is 1. The van der Waals surface area contributed by atoms with Crippen molar-refractivity contribution in [3.8, 4) is 17.1 Å². The molecule has 2 N–H and O–H groups in total. The van der Waals surface area contributed by atoms with Crippen molar-refractivity contribution in [1.29, 1.82) is 0 Å². The fourth-order valence-corrected chi connectivity index (χ4v) is 1.54. The van der Waals surface area contributed by atoms with Crippen LogP contribution in [-0.4, -0.2) is 21.9 Å². The third kappa shape index (κ3) is 1.71. The van der Waals surface area contributed by atoms with Gasteiger partial charge in [0.15, 0.2) is 0 Å². The second-order valence-corrected chi connectivity index (χ2v) is 3.63. The Labute approximate surface area is 93.9 Å². The molecule has 2 rings (SSSR count). The van der Waals surface area contributed by atoms with Crippen molar-refractivity contribution in [2.45, 2.75) is 6.92 Å². The van der Waals surface area contributed by atoms with Crippen LogP contribution in [0.1, 0.15) is 5.56 Å². The summed E-state index contributed by atoms with van der Waals surface area (Å²) in [5.74, 6) is 1.26. The molecule has 0 unspecified atom stereocenters. The highest BCUT2D eigenvalue weighted by Crippen LogP contribution is 2.23. The molecule has 0 saturated heterocycles. The molecular formula is C11H14N4O. The van der Waals surface area contributed by atoms with Crippen molar-refractivity contribution < 1.29 is 4.74 Å². The summed E-state index contributed by atoms with van der Waals surface area (Å²) in [6.45, 7) is 1.95. The topological polar surface area (TPSA) is 66.0 Å². The smallest absolute Gasteiger partial charge is 0.215 e. The molecule has 0 radical (unpaired) electrons. The Balaban J connectivity index is 2.45. The van der Waals surface area contributed by atoms with E-state index in [1.807, 2.05) is 26.1 Å². The summed E-state index contributed by atoms with van der Waals surface area (Å²) in [6.07, 6.45) is 1.73. The third-order valence-corrected chi connectivity index (χ3v) is 2.44. The van der Waals surface area contributed by atoms with Crippen LogP contribution >= 0.6 is 0 Å². The molecule has 2 heterocycles. The lowest BCUT2D eigenvalue weighted by Crippen LogP contribution is -1.96. The lowest BCUT2D eigenvalue weighted by Gasteiger charge is -2.04. The van der Waals surface area contributed by atoms with E-state index in [4.69, 9.17) is 10.5 Å². The van der Waals surface area contributed by atoms with Gasteiger partial charge in [-0.1, -0.05) is 0 Å². The summed E-state index contributed by atoms with van der Waals surface area (Å²) in [7, 11) is 3.41. The van der Waals surface area contributed by atoms with Gasteiger partial charge in [-0.2, -0.15) is 5.10 Å². The van der Waals surface area contributed by atoms with Crippen LogP contribution in [0.4, 0.5) is 5.82 Å². The molecule has 0 atom stereocenters. The molecule has 2 aromatic heterocycles. The Morgan fingerprint density at radius 2 is 2.12 bits per heavy atom. The number of anilines is 1. The maximum Gasteiger partial charge on any atom is 0.215 e. The van der Waals surface area contributed by atoms with Crippen molar-refractivity contribution in [1.82, 2.24) is 14.8 Å². The van der Waals surface area contributed by atoms with E-state index in [0.29, 0.717) is 11.7 Å². The SMILES string of the molecule is COc1ncc(-c2cc(N)n(C)n2)cc1C. The molecule has 0 aliphatic heterocycles. The van der Waals surface area contributed by atoms with Crippen LogP contribution < -0.4 is 10.5 Å². The Morgan fingerprint density at radius 1 is 1.38 bits per heavy atom. The van der Waals surface area contributed by atoms with E-state index in [0.717, 1.165) is 16.8 Å². The molecular weight excluding hydrogens is 204 g/mol. The minimum absolute atomic E-state index is 0.628. The van der Waals surface area contributed by atoms with Gasteiger partial charge in [-0.05, 0) is 13.0 Å². The number of rotatable bonds is 2. The van der Waals surface area contributed by atoms with Crippen LogP contribution in [0, 0.1) is 6.92 Å². The highest BCUT2D eigenvalue weighted by atomic mass is 16.5. The van der Waals surface area contributed by atoms with Crippen molar-refractivity contribution in [3.05, 3.63) is 23.9 Å². The first kappa shape index (κ1) is 10.5. The Hall–Kier alpha value is -2.04. The van der Waals surface area contributed by atoms with E-state index in [9.17, 15) is 0 Å². The predicted molar refractivity (Wildman–Crippen MR) is 62.1 cm³/mol. The molecule has 0 amide bonds. The zero-order valence-corrected chi connectivity index (χ0v) is 9.56. The number of nitrogen functional groups attached to an aromatic ring is 1. The van der Waals surface area contributed by atoms with Crippen molar-refractivity contribution in [2.75, 3.05) is 12.8 Å². The van der Waals surface area contributed by atoms with Gasteiger partial charge < -0.3 is 10.5 Å². The lowest BCUT2D eigenvalue weighted by atomic mass is 10.1. The molecule has 5 heteroatoms. The number of nitrogens with two attached hydrogens (primary N) is 1. The molecule has 0 aromatic carbocycles. The largest absolute Gasteiger partial charge is 0.481 e. The molecule has 0 aliphatic rings. The lowest BCUT2D eigenvalue weighted by molar-refractivity contribution is 0.394. The fourth-order valence-electron chi connectivity index (χ4n) is 1.54. The summed E-state index contributed by atoms with van der Waals surface area (Å²) >= 11 is 0. The molecule has 5 nitrogen and oxygen atoms in total. The third-order valence-electron chi connectivity index (χ3n) is 2.44. The Kier molecular flexibility index (Phi) is 2.52. The average Bonchev–Trinajstić information content (AvgIpc) is 2.59. The van der Waals surface area contributed by atoms with Gasteiger partial charge in [-0.25, -0.2) is 4.98 Å². The standard InChI is InChI=1S/C11H14N4O/c1-7-4-8(6-13-11(7)16-3)9-5-10(12)15(2)14-9/h4-6H,12H2,1-3H3. The summed E-state index contributed by atoms with van der Waals surface area (Å²) < 4.78 is 6.74. The number of nitrogens with zero attached hydrogens (tertiary/aromatic N) is 3. The van der Waals surface area contributed by atoms with Gasteiger partial charge in [0.2, 0.25) is 5.88 Å². The Bertz CT molecular complexity index is 499. The van der Waals surface area contributed by atoms with Gasteiger partial charge in [-0.15, -0.1) is 0 Å². The first-order chi connectivity index (χ1) is 7.61. The molecule has 0 spiro atoms. The van der Waals surface area contributed by atoms with E-state index in [2.05, 4.69) is 10.1 Å². The monoisotopic (exact) mass is 218 g/mol. The van der Waals surface area contributed by atoms with Crippen LogP contribution in [0.2, 0.25) is 0 Å². The Morgan fingerprint density at radius 3 is 2.62 bits per heavy atom. The molecule has 2 aromatic rings. The summed E-state index contributed by atoms with van der Waals surface area (Å²) in [5.41, 5.74) is 8.46. The molecule has 16 heavy (non-hydrogen) atoms. The second kappa shape index (κ2) is 3.84. The van der Waals surface area contributed by atoms with Crippen LogP contribution in [0.5, 0.6) is 5.88 Å². The summed E-state index contributed by atoms with van der Waals surface area (Å²) in [6, 6.07) is 3.80. The van der Waals surface area contributed by atoms with Gasteiger partial charge >= 0.3 is 0 Å². The molecule has 0 bridgehead atoms. The molecule has 0 saturated carbocycles. The zero-order chi connectivity index (χ0) is 11.7. The van der Waals surface area contributed by atoms with E-state index in [-0.39, 0.29) is 0 Å². The van der Waals surface area contributed by atoms with Crippen LogP contribution in [0.25, 0.3) is 11.3 Å². The number of hydrogen-bond acceptors (Lipinski definition) is 4. The molecule has 0 fully saturated rings. The van der Waals surface area contributed by atoms with Crippen molar-refractivity contribution in [3.63, 3.8) is 0 Å². The number of aromatic nitrogens is 3. The molecule has 0 aliphatic carbocycles. The number of aryl methyl sites for hydroxylation is 2. The quantitative estimate of drug-likeness (QED) is 0.827. The van der Waals surface area contributed by atoms with Crippen LogP contribution in [-0.2, 0) is 7.05 Å². The van der Waals surface area contributed by atoms with E-state index < -0.39 is 0 Å². The first-order valence-corrected chi connectivity index (χ1v) is 4.92. The first-order valence-electron chi connectivity index (χ1n) is 4.92. The van der Waals surface area contributed by atoms with Crippen LogP contribution in [0.3, 0.4) is 0 Å². The molecule has 84 valence electrons. The maximum atomic E-state index is 5.73. The van der Waals surface area contributed by atoms with Gasteiger partial charge in [0.25, 0.3) is 0 Å². The van der Waals surface area contributed by atoms with Gasteiger partial charge in [-0.3, -0.25) is 4.68 Å². The van der Waals surface area contributed by atoms with Gasteiger partial charge in [0.05, 0.1) is 12.8 Å². The number of ether oxygens (including phenoxy) is 1. The van der Waals surface area contributed by atoms with Crippen LogP contribution in [0.15, 0.2) is 18.3 Å². The number of methoxy groups -OCH3 is 1. The van der Waals surface area contributed by atoms with E-state index >= 15 is 0 Å². The highest BCUT2D eigenvalue weighted by molar-refractivity contribution is 5.62. The van der Waals surface area contributed by atoms with Gasteiger partial charge in [0.1, 0.15) is 5.82 Å². The minimum Gasteiger partial charge on any atom is -0.481 e. The minimum atomic E-state index is 0.628. The fraction of sp³-hybridized carbons (Fsp3) is 0.273. The maximum absolute atomic E-state index is 5.73. The summed E-state index contributed by atoms with van der Waals surface area (Å²) in [4.78, 5) is 4.20. The second-order valence-electron chi connectivity index (χ2n) is 3.63. The van der Waals surface area contributed by atoms with Crippen molar-refractivity contribution >= 4 is 5.82 Å². The van der Waals surface area contributed by atoms with Crippen molar-refractivity contribution in [2.24, 2.45) is 7.05 Å². The zero-order valence-electron chi connectivity index (χ0n) is 9.56. The predicted octanol–water partition coefficient (Wildman–Crippen LogP) is 1.38. The normalized spacial score (nSPS) is 10.4. The van der Waals surface area contributed by atoms with Gasteiger partial charge in [0, 0.05) is 30.4 Å². The van der Waals surface area contributed by atoms with E-state index in [1.165, 1.54) is 0 Å². The average molecular weight is 218 g/mol.